The van der Waals surface area contributed by atoms with Gasteiger partial charge in [-0.3, -0.25) is 4.79 Å². The molecule has 0 saturated heterocycles. The third-order valence-electron chi connectivity index (χ3n) is 3.32. The third kappa shape index (κ3) is 6.27. The van der Waals surface area contributed by atoms with Crippen molar-refractivity contribution in [3.63, 3.8) is 0 Å². The molecule has 0 aliphatic heterocycles. The molecule has 3 heteroatoms. The van der Waals surface area contributed by atoms with Crippen molar-refractivity contribution in [2.45, 2.75) is 52.0 Å². The summed E-state index contributed by atoms with van der Waals surface area (Å²) >= 11 is 0. The van der Waals surface area contributed by atoms with Crippen molar-refractivity contribution in [1.82, 2.24) is 4.90 Å². The first-order valence-electron chi connectivity index (χ1n) is 7.22. The number of nitrogen functional groups attached to an aromatic ring is 1. The van der Waals surface area contributed by atoms with Crippen LogP contribution in [0.4, 0.5) is 5.69 Å². The van der Waals surface area contributed by atoms with Gasteiger partial charge < -0.3 is 10.6 Å². The highest BCUT2D eigenvalue weighted by molar-refractivity contribution is 5.75. The maximum absolute atomic E-state index is 11.9. The fourth-order valence-corrected chi connectivity index (χ4v) is 2.06. The average molecular weight is 262 g/mol. The molecule has 2 N–H and O–H groups in total. The van der Waals surface area contributed by atoms with Crippen LogP contribution in [0.25, 0.3) is 0 Å². The van der Waals surface area contributed by atoms with Crippen LogP contribution in [0, 0.1) is 0 Å². The minimum atomic E-state index is 0.230. The smallest absolute Gasteiger partial charge is 0.222 e. The second kappa shape index (κ2) is 8.57. The highest BCUT2D eigenvalue weighted by atomic mass is 16.2. The van der Waals surface area contributed by atoms with E-state index in [2.05, 4.69) is 6.92 Å². The van der Waals surface area contributed by atoms with Gasteiger partial charge in [0.05, 0.1) is 0 Å². The topological polar surface area (TPSA) is 46.3 Å². The molecule has 1 amide bonds. The molecule has 0 saturated carbocycles. The molecule has 0 heterocycles. The van der Waals surface area contributed by atoms with Gasteiger partial charge in [-0.25, -0.2) is 0 Å². The molecule has 0 bridgehead atoms. The number of benzene rings is 1. The Bertz CT molecular complexity index is 373. The Morgan fingerprint density at radius 1 is 1.11 bits per heavy atom. The van der Waals surface area contributed by atoms with E-state index in [4.69, 9.17) is 5.73 Å². The number of rotatable bonds is 8. The van der Waals surface area contributed by atoms with Gasteiger partial charge in [0.1, 0.15) is 0 Å². The van der Waals surface area contributed by atoms with Crippen LogP contribution in [0.3, 0.4) is 0 Å². The molecule has 0 aliphatic carbocycles. The molecule has 1 aromatic carbocycles. The van der Waals surface area contributed by atoms with Crippen LogP contribution in [0.5, 0.6) is 0 Å². The van der Waals surface area contributed by atoms with Gasteiger partial charge in [0.2, 0.25) is 5.91 Å². The number of carbonyl (C=O) groups is 1. The van der Waals surface area contributed by atoms with Gasteiger partial charge in [-0.2, -0.15) is 0 Å². The number of anilines is 1. The van der Waals surface area contributed by atoms with Crippen molar-refractivity contribution in [3.8, 4) is 0 Å². The van der Waals surface area contributed by atoms with Crippen molar-refractivity contribution in [3.05, 3.63) is 29.8 Å². The molecular weight excluding hydrogens is 236 g/mol. The first kappa shape index (κ1) is 15.5. The predicted molar refractivity (Wildman–Crippen MR) is 80.7 cm³/mol. The monoisotopic (exact) mass is 262 g/mol. The Morgan fingerprint density at radius 3 is 2.37 bits per heavy atom. The van der Waals surface area contributed by atoms with E-state index < -0.39 is 0 Å². The van der Waals surface area contributed by atoms with Gasteiger partial charge in [0.15, 0.2) is 0 Å². The lowest BCUT2D eigenvalue weighted by atomic mass is 10.1. The summed E-state index contributed by atoms with van der Waals surface area (Å²) in [6.45, 7) is 2.86. The molecule has 0 aliphatic rings. The van der Waals surface area contributed by atoms with Crippen LogP contribution >= 0.6 is 0 Å². The summed E-state index contributed by atoms with van der Waals surface area (Å²) in [6, 6.07) is 7.69. The molecule has 0 aromatic heterocycles. The Kier molecular flexibility index (Phi) is 7.01. The van der Waals surface area contributed by atoms with Crippen LogP contribution in [-0.2, 0) is 11.3 Å². The van der Waals surface area contributed by atoms with Gasteiger partial charge >= 0.3 is 0 Å². The lowest BCUT2D eigenvalue weighted by Gasteiger charge is -2.17. The van der Waals surface area contributed by atoms with Gasteiger partial charge in [-0.05, 0) is 24.1 Å². The van der Waals surface area contributed by atoms with Gasteiger partial charge in [-0.1, -0.05) is 44.7 Å². The van der Waals surface area contributed by atoms with Crippen molar-refractivity contribution in [1.29, 1.82) is 0 Å². The van der Waals surface area contributed by atoms with Crippen LogP contribution in [0.1, 0.15) is 51.0 Å². The number of hydrogen-bond acceptors (Lipinski definition) is 2. The Morgan fingerprint density at radius 2 is 1.74 bits per heavy atom. The standard InChI is InChI=1S/C16H26N2O/c1-3-4-5-6-7-8-16(19)18(2)13-14-9-11-15(17)12-10-14/h9-12H,3-8,13,17H2,1-2H3. The molecule has 0 unspecified atom stereocenters. The molecule has 0 atom stereocenters. The van der Waals surface area contributed by atoms with E-state index in [-0.39, 0.29) is 5.91 Å². The van der Waals surface area contributed by atoms with E-state index in [1.807, 2.05) is 31.3 Å². The summed E-state index contributed by atoms with van der Waals surface area (Å²) in [5, 5.41) is 0. The lowest BCUT2D eigenvalue weighted by molar-refractivity contribution is -0.130. The fraction of sp³-hybridized carbons (Fsp3) is 0.562. The minimum absolute atomic E-state index is 0.230. The second-order valence-corrected chi connectivity index (χ2v) is 5.16. The summed E-state index contributed by atoms with van der Waals surface area (Å²) in [5.74, 6) is 0.230. The zero-order valence-corrected chi connectivity index (χ0v) is 12.2. The largest absolute Gasteiger partial charge is 0.399 e. The minimum Gasteiger partial charge on any atom is -0.399 e. The number of hydrogen-bond donors (Lipinski definition) is 1. The number of carbonyl (C=O) groups excluding carboxylic acids is 1. The zero-order chi connectivity index (χ0) is 14.1. The molecule has 3 nitrogen and oxygen atoms in total. The van der Waals surface area contributed by atoms with Crippen LogP contribution in [-0.4, -0.2) is 17.9 Å². The molecule has 0 spiro atoms. The first-order valence-corrected chi connectivity index (χ1v) is 7.22. The number of nitrogens with zero attached hydrogens (tertiary/aromatic N) is 1. The molecule has 1 rings (SSSR count). The Labute approximate surface area is 116 Å². The quantitative estimate of drug-likeness (QED) is 0.575. The van der Waals surface area contributed by atoms with Gasteiger partial charge in [0.25, 0.3) is 0 Å². The van der Waals surface area contributed by atoms with Crippen molar-refractivity contribution < 1.29 is 4.79 Å². The Hall–Kier alpha value is -1.51. The van der Waals surface area contributed by atoms with E-state index in [1.165, 1.54) is 19.3 Å². The average Bonchev–Trinajstić information content (AvgIpc) is 2.41. The Balaban J connectivity index is 2.26. The third-order valence-corrected chi connectivity index (χ3v) is 3.32. The van der Waals surface area contributed by atoms with Crippen molar-refractivity contribution >= 4 is 11.6 Å². The van der Waals surface area contributed by atoms with Gasteiger partial charge in [0, 0.05) is 25.7 Å². The molecule has 0 radical (unpaired) electrons. The van der Waals surface area contributed by atoms with Crippen LogP contribution in [0.15, 0.2) is 24.3 Å². The summed E-state index contributed by atoms with van der Waals surface area (Å²) in [5.41, 5.74) is 7.52. The van der Waals surface area contributed by atoms with Crippen LogP contribution in [0.2, 0.25) is 0 Å². The first-order chi connectivity index (χ1) is 9.13. The van der Waals surface area contributed by atoms with E-state index >= 15 is 0 Å². The summed E-state index contributed by atoms with van der Waals surface area (Å²) in [4.78, 5) is 13.7. The predicted octanol–water partition coefficient (Wildman–Crippen LogP) is 3.59. The summed E-state index contributed by atoms with van der Waals surface area (Å²) < 4.78 is 0. The second-order valence-electron chi connectivity index (χ2n) is 5.16. The van der Waals surface area contributed by atoms with Gasteiger partial charge in [-0.15, -0.1) is 0 Å². The molecule has 106 valence electrons. The van der Waals surface area contributed by atoms with Crippen molar-refractivity contribution in [2.75, 3.05) is 12.8 Å². The van der Waals surface area contributed by atoms with E-state index in [0.29, 0.717) is 13.0 Å². The highest BCUT2D eigenvalue weighted by Gasteiger charge is 2.08. The molecular formula is C16H26N2O. The molecule has 1 aromatic rings. The summed E-state index contributed by atoms with van der Waals surface area (Å²) in [7, 11) is 1.87. The van der Waals surface area contributed by atoms with Crippen molar-refractivity contribution in [2.24, 2.45) is 0 Å². The SMILES string of the molecule is CCCCCCCC(=O)N(C)Cc1ccc(N)cc1. The van der Waals surface area contributed by atoms with Crippen LogP contribution < -0.4 is 5.73 Å². The normalized spacial score (nSPS) is 10.4. The van der Waals surface area contributed by atoms with E-state index in [0.717, 1.165) is 24.1 Å². The summed E-state index contributed by atoms with van der Waals surface area (Å²) in [6.07, 6.45) is 6.58. The molecule has 0 fully saturated rings. The fourth-order valence-electron chi connectivity index (χ4n) is 2.06. The molecule has 19 heavy (non-hydrogen) atoms. The lowest BCUT2D eigenvalue weighted by Crippen LogP contribution is -2.25. The maximum Gasteiger partial charge on any atom is 0.222 e. The van der Waals surface area contributed by atoms with E-state index in [1.54, 1.807) is 4.90 Å². The number of nitrogens with two attached hydrogens (primary N) is 1. The maximum atomic E-state index is 11.9. The van der Waals surface area contributed by atoms with E-state index in [9.17, 15) is 4.79 Å². The number of amides is 1. The zero-order valence-electron chi connectivity index (χ0n) is 12.2. The number of unbranched alkanes of at least 4 members (excludes halogenated alkanes) is 4. The highest BCUT2D eigenvalue weighted by Crippen LogP contribution is 2.10.